The summed E-state index contributed by atoms with van der Waals surface area (Å²) >= 11 is 3.19. The van der Waals surface area contributed by atoms with Crippen molar-refractivity contribution in [2.75, 3.05) is 7.11 Å². The highest BCUT2D eigenvalue weighted by Crippen LogP contribution is 2.28. The molecule has 0 spiro atoms. The Hall–Kier alpha value is -1.60. The van der Waals surface area contributed by atoms with Gasteiger partial charge in [0, 0.05) is 6.07 Å². The minimum atomic E-state index is -4.03. The van der Waals surface area contributed by atoms with Crippen molar-refractivity contribution in [1.29, 1.82) is 0 Å². The third-order valence-corrected chi connectivity index (χ3v) is 4.28. The maximum atomic E-state index is 13.0. The minimum Gasteiger partial charge on any atom is -0.496 e. The zero-order valence-corrected chi connectivity index (χ0v) is 12.7. The van der Waals surface area contributed by atoms with Gasteiger partial charge in [0.05, 0.1) is 11.6 Å². The van der Waals surface area contributed by atoms with E-state index in [2.05, 4.69) is 15.9 Å². The van der Waals surface area contributed by atoms with Gasteiger partial charge in [0.25, 0.3) is 0 Å². The number of hydrogen-bond donors (Lipinski definition) is 0. The molecule has 0 unspecified atom stereocenters. The maximum Gasteiger partial charge on any atom is 0.339 e. The van der Waals surface area contributed by atoms with E-state index in [0.29, 0.717) is 10.2 Å². The van der Waals surface area contributed by atoms with Crippen LogP contribution in [0.4, 0.5) is 4.39 Å². The van der Waals surface area contributed by atoms with Gasteiger partial charge in [-0.2, -0.15) is 8.42 Å². The number of ether oxygens (including phenoxy) is 1. The molecule has 0 N–H and O–H groups in total. The third-order valence-electron chi connectivity index (χ3n) is 2.41. The summed E-state index contributed by atoms with van der Waals surface area (Å²) in [6.45, 7) is 0. The molecule has 0 heterocycles. The maximum absolute atomic E-state index is 13.0. The molecule has 0 amide bonds. The average molecular weight is 361 g/mol. The van der Waals surface area contributed by atoms with E-state index in [0.717, 1.165) is 6.07 Å². The van der Waals surface area contributed by atoms with Gasteiger partial charge in [0.1, 0.15) is 22.2 Å². The Morgan fingerprint density at radius 2 is 1.90 bits per heavy atom. The second-order valence-electron chi connectivity index (χ2n) is 3.79. The summed E-state index contributed by atoms with van der Waals surface area (Å²) in [7, 11) is -2.56. The fourth-order valence-corrected chi connectivity index (χ4v) is 3.14. The molecule has 2 aromatic rings. The lowest BCUT2D eigenvalue weighted by atomic mass is 10.3. The van der Waals surface area contributed by atoms with Gasteiger partial charge in [-0.05, 0) is 46.3 Å². The van der Waals surface area contributed by atoms with Gasteiger partial charge >= 0.3 is 10.1 Å². The molecule has 106 valence electrons. The molecule has 0 aromatic heterocycles. The zero-order chi connectivity index (χ0) is 14.8. The Kier molecular flexibility index (Phi) is 4.29. The highest BCUT2D eigenvalue weighted by atomic mass is 79.9. The van der Waals surface area contributed by atoms with Crippen molar-refractivity contribution in [1.82, 2.24) is 0 Å². The summed E-state index contributed by atoms with van der Waals surface area (Å²) in [5, 5.41) is 0. The zero-order valence-electron chi connectivity index (χ0n) is 10.3. The third kappa shape index (κ3) is 3.29. The van der Waals surface area contributed by atoms with Crippen LogP contribution in [0, 0.1) is 5.82 Å². The molecule has 0 fully saturated rings. The second-order valence-corrected chi connectivity index (χ2v) is 6.19. The van der Waals surface area contributed by atoms with E-state index in [-0.39, 0.29) is 10.6 Å². The van der Waals surface area contributed by atoms with E-state index in [9.17, 15) is 12.8 Å². The number of halogens is 2. The molecule has 20 heavy (non-hydrogen) atoms. The first-order valence-corrected chi connectivity index (χ1v) is 7.66. The molecular formula is C13H10BrFO4S. The topological polar surface area (TPSA) is 52.6 Å². The lowest BCUT2D eigenvalue weighted by Gasteiger charge is -2.09. The van der Waals surface area contributed by atoms with Gasteiger partial charge in [-0.25, -0.2) is 4.39 Å². The summed E-state index contributed by atoms with van der Waals surface area (Å²) in [6.07, 6.45) is 0. The number of rotatable bonds is 4. The molecule has 2 rings (SSSR count). The fourth-order valence-electron chi connectivity index (χ4n) is 1.50. The van der Waals surface area contributed by atoms with Crippen LogP contribution >= 0.6 is 15.9 Å². The van der Waals surface area contributed by atoms with Crippen molar-refractivity contribution in [3.8, 4) is 11.5 Å². The first-order valence-electron chi connectivity index (χ1n) is 5.46. The second kappa shape index (κ2) is 5.80. The first-order chi connectivity index (χ1) is 9.42. The predicted molar refractivity (Wildman–Crippen MR) is 74.9 cm³/mol. The Labute approximate surface area is 124 Å². The largest absolute Gasteiger partial charge is 0.496 e. The van der Waals surface area contributed by atoms with Gasteiger partial charge in [-0.3, -0.25) is 0 Å². The SMILES string of the molecule is COc1ccc(S(=O)(=O)Oc2cccc(F)c2)cc1Br. The van der Waals surface area contributed by atoms with E-state index < -0.39 is 15.9 Å². The average Bonchev–Trinajstić information content (AvgIpc) is 2.38. The van der Waals surface area contributed by atoms with Crippen molar-refractivity contribution in [3.05, 3.63) is 52.8 Å². The molecular weight excluding hydrogens is 351 g/mol. The summed E-state index contributed by atoms with van der Waals surface area (Å²) in [4.78, 5) is -0.0607. The van der Waals surface area contributed by atoms with Crippen LogP contribution in [-0.2, 0) is 10.1 Å². The van der Waals surface area contributed by atoms with Crippen LogP contribution in [0.3, 0.4) is 0 Å². The first kappa shape index (κ1) is 14.8. The monoisotopic (exact) mass is 360 g/mol. The van der Waals surface area contributed by atoms with Crippen LogP contribution in [0.5, 0.6) is 11.5 Å². The predicted octanol–water partition coefficient (Wildman–Crippen LogP) is 3.36. The molecule has 0 atom stereocenters. The molecule has 0 aliphatic rings. The minimum absolute atomic E-state index is 0.0607. The summed E-state index contributed by atoms with van der Waals surface area (Å²) in [6, 6.07) is 9.11. The van der Waals surface area contributed by atoms with E-state index in [1.165, 1.54) is 43.5 Å². The summed E-state index contributed by atoms with van der Waals surface area (Å²) in [5.74, 6) is -0.166. The number of benzene rings is 2. The van der Waals surface area contributed by atoms with Crippen molar-refractivity contribution in [2.45, 2.75) is 4.90 Å². The van der Waals surface area contributed by atoms with Crippen LogP contribution in [0.2, 0.25) is 0 Å². The molecule has 7 heteroatoms. The van der Waals surface area contributed by atoms with Crippen molar-refractivity contribution in [2.24, 2.45) is 0 Å². The molecule has 0 saturated heterocycles. The highest BCUT2D eigenvalue weighted by Gasteiger charge is 2.18. The molecule has 0 bridgehead atoms. The lowest BCUT2D eigenvalue weighted by molar-refractivity contribution is 0.411. The Bertz CT molecular complexity index is 731. The molecule has 2 aromatic carbocycles. The standard InChI is InChI=1S/C13H10BrFO4S/c1-18-13-6-5-11(8-12(13)14)20(16,17)19-10-4-2-3-9(15)7-10/h2-8H,1H3. The smallest absolute Gasteiger partial charge is 0.339 e. The highest BCUT2D eigenvalue weighted by molar-refractivity contribution is 9.10. The summed E-state index contributed by atoms with van der Waals surface area (Å²) < 4.78 is 47.5. The normalized spacial score (nSPS) is 11.2. The lowest BCUT2D eigenvalue weighted by Crippen LogP contribution is -2.10. The molecule has 4 nitrogen and oxygen atoms in total. The van der Waals surface area contributed by atoms with Gasteiger partial charge < -0.3 is 8.92 Å². The van der Waals surface area contributed by atoms with E-state index >= 15 is 0 Å². The van der Waals surface area contributed by atoms with Crippen LogP contribution in [0.15, 0.2) is 51.8 Å². The molecule has 0 radical (unpaired) electrons. The molecule has 0 aliphatic carbocycles. The summed E-state index contributed by atoms with van der Waals surface area (Å²) in [5.41, 5.74) is 0. The fraction of sp³-hybridized carbons (Fsp3) is 0.0769. The number of methoxy groups -OCH3 is 1. The van der Waals surface area contributed by atoms with E-state index in [1.807, 2.05) is 0 Å². The van der Waals surface area contributed by atoms with Crippen LogP contribution in [-0.4, -0.2) is 15.5 Å². The van der Waals surface area contributed by atoms with Crippen LogP contribution < -0.4 is 8.92 Å². The Morgan fingerprint density at radius 3 is 2.50 bits per heavy atom. The van der Waals surface area contributed by atoms with Gasteiger partial charge in [-0.1, -0.05) is 6.07 Å². The van der Waals surface area contributed by atoms with Gasteiger partial charge in [0.15, 0.2) is 0 Å². The van der Waals surface area contributed by atoms with Gasteiger partial charge in [0.2, 0.25) is 0 Å². The molecule has 0 aliphatic heterocycles. The van der Waals surface area contributed by atoms with Crippen LogP contribution in [0.25, 0.3) is 0 Å². The Morgan fingerprint density at radius 1 is 1.15 bits per heavy atom. The van der Waals surface area contributed by atoms with Crippen molar-refractivity contribution in [3.63, 3.8) is 0 Å². The quantitative estimate of drug-likeness (QED) is 0.784. The Balaban J connectivity index is 2.33. The van der Waals surface area contributed by atoms with Gasteiger partial charge in [-0.15, -0.1) is 0 Å². The van der Waals surface area contributed by atoms with E-state index in [1.54, 1.807) is 0 Å². The van der Waals surface area contributed by atoms with Crippen molar-refractivity contribution < 1.29 is 21.7 Å². The van der Waals surface area contributed by atoms with Crippen molar-refractivity contribution >= 4 is 26.0 Å². The van der Waals surface area contributed by atoms with Crippen LogP contribution in [0.1, 0.15) is 0 Å². The molecule has 0 saturated carbocycles. The van der Waals surface area contributed by atoms with E-state index in [4.69, 9.17) is 8.92 Å². The number of hydrogen-bond acceptors (Lipinski definition) is 4.